The molecule has 0 aromatic heterocycles. The van der Waals surface area contributed by atoms with E-state index in [1.165, 1.54) is 5.56 Å². The highest BCUT2D eigenvalue weighted by Gasteiger charge is 1.96. The highest BCUT2D eigenvalue weighted by atomic mass is 79.9. The number of allylic oxidation sites excluding steroid dienone is 1. The van der Waals surface area contributed by atoms with Gasteiger partial charge in [-0.2, -0.15) is 0 Å². The van der Waals surface area contributed by atoms with E-state index >= 15 is 0 Å². The second-order valence-electron chi connectivity index (χ2n) is 2.27. The molecule has 0 saturated carbocycles. The van der Waals surface area contributed by atoms with Crippen LogP contribution < -0.4 is 0 Å². The highest BCUT2D eigenvalue weighted by Crippen LogP contribution is 2.19. The molecular formula is C9H9BrS. The summed E-state index contributed by atoms with van der Waals surface area (Å²) in [5.41, 5.74) is 1.21. The van der Waals surface area contributed by atoms with Gasteiger partial charge in [-0.15, -0.1) is 19.2 Å². The normalized spacial score (nSPS) is 9.64. The van der Waals surface area contributed by atoms with Crippen molar-refractivity contribution in [2.75, 3.05) is 0 Å². The number of benzene rings is 1. The Kier molecular flexibility index (Phi) is 3.21. The summed E-state index contributed by atoms with van der Waals surface area (Å²) < 4.78 is 1.09. The molecule has 0 aliphatic rings. The second-order valence-corrected chi connectivity index (χ2v) is 3.66. The zero-order valence-electron chi connectivity index (χ0n) is 6.05. The van der Waals surface area contributed by atoms with Crippen molar-refractivity contribution in [2.24, 2.45) is 0 Å². The van der Waals surface area contributed by atoms with Crippen LogP contribution in [-0.4, -0.2) is 0 Å². The summed E-state index contributed by atoms with van der Waals surface area (Å²) >= 11 is 7.71. The lowest BCUT2D eigenvalue weighted by atomic mass is 10.1. The Morgan fingerprint density at radius 1 is 1.55 bits per heavy atom. The van der Waals surface area contributed by atoms with Gasteiger partial charge in [0.25, 0.3) is 0 Å². The van der Waals surface area contributed by atoms with E-state index < -0.39 is 0 Å². The van der Waals surface area contributed by atoms with Crippen LogP contribution in [-0.2, 0) is 6.42 Å². The Morgan fingerprint density at radius 2 is 2.27 bits per heavy atom. The van der Waals surface area contributed by atoms with Crippen molar-refractivity contribution in [1.29, 1.82) is 0 Å². The van der Waals surface area contributed by atoms with Crippen LogP contribution in [0.3, 0.4) is 0 Å². The van der Waals surface area contributed by atoms with Gasteiger partial charge in [-0.25, -0.2) is 0 Å². The van der Waals surface area contributed by atoms with Gasteiger partial charge in [-0.1, -0.05) is 22.0 Å². The molecule has 0 aliphatic heterocycles. The van der Waals surface area contributed by atoms with Gasteiger partial charge >= 0.3 is 0 Å². The maximum absolute atomic E-state index is 4.31. The highest BCUT2D eigenvalue weighted by molar-refractivity contribution is 9.10. The van der Waals surface area contributed by atoms with Crippen LogP contribution in [0.15, 0.2) is 40.2 Å². The molecule has 1 aromatic carbocycles. The Balaban J connectivity index is 3.01. The van der Waals surface area contributed by atoms with Gasteiger partial charge in [0.15, 0.2) is 0 Å². The smallest absolute Gasteiger partial charge is 0.0178 e. The first-order chi connectivity index (χ1) is 5.24. The molecule has 11 heavy (non-hydrogen) atoms. The number of rotatable bonds is 2. The first-order valence-electron chi connectivity index (χ1n) is 3.32. The van der Waals surface area contributed by atoms with E-state index in [0.29, 0.717) is 0 Å². The standard InChI is InChI=1S/C9H9BrS/c1-2-3-7-6-8(10)4-5-9(7)11/h2,4-6,11H,1,3H2. The average molecular weight is 229 g/mol. The zero-order valence-corrected chi connectivity index (χ0v) is 8.53. The van der Waals surface area contributed by atoms with Crippen LogP contribution in [0.5, 0.6) is 0 Å². The van der Waals surface area contributed by atoms with Gasteiger partial charge in [0.05, 0.1) is 0 Å². The van der Waals surface area contributed by atoms with Crippen molar-refractivity contribution in [3.63, 3.8) is 0 Å². The third-order valence-electron chi connectivity index (χ3n) is 1.41. The van der Waals surface area contributed by atoms with Crippen LogP contribution in [0, 0.1) is 0 Å². The average Bonchev–Trinajstić information content (AvgIpc) is 1.98. The van der Waals surface area contributed by atoms with E-state index in [1.54, 1.807) is 0 Å². The van der Waals surface area contributed by atoms with Crippen molar-refractivity contribution < 1.29 is 0 Å². The number of hydrogen-bond donors (Lipinski definition) is 1. The first kappa shape index (κ1) is 8.88. The van der Waals surface area contributed by atoms with Crippen LogP contribution >= 0.6 is 28.6 Å². The fraction of sp³-hybridized carbons (Fsp3) is 0.111. The molecule has 1 aromatic rings. The predicted octanol–water partition coefficient (Wildman–Crippen LogP) is 3.47. The van der Waals surface area contributed by atoms with Crippen molar-refractivity contribution in [2.45, 2.75) is 11.3 Å². The van der Waals surface area contributed by atoms with Crippen molar-refractivity contribution in [1.82, 2.24) is 0 Å². The lowest BCUT2D eigenvalue weighted by molar-refractivity contribution is 1.18. The third kappa shape index (κ3) is 2.38. The van der Waals surface area contributed by atoms with E-state index in [4.69, 9.17) is 0 Å². The van der Waals surface area contributed by atoms with Gasteiger partial charge in [-0.3, -0.25) is 0 Å². The molecule has 2 heteroatoms. The zero-order chi connectivity index (χ0) is 8.27. The molecule has 0 atom stereocenters. The molecule has 1 rings (SSSR count). The van der Waals surface area contributed by atoms with E-state index in [2.05, 4.69) is 41.2 Å². The maximum Gasteiger partial charge on any atom is 0.0178 e. The van der Waals surface area contributed by atoms with E-state index in [-0.39, 0.29) is 0 Å². The summed E-state index contributed by atoms with van der Waals surface area (Å²) in [6.45, 7) is 3.68. The lowest BCUT2D eigenvalue weighted by Gasteiger charge is -2.01. The summed E-state index contributed by atoms with van der Waals surface area (Å²) in [6, 6.07) is 6.02. The molecule has 0 bridgehead atoms. The van der Waals surface area contributed by atoms with E-state index in [9.17, 15) is 0 Å². The van der Waals surface area contributed by atoms with Gasteiger partial charge < -0.3 is 0 Å². The third-order valence-corrected chi connectivity index (χ3v) is 2.34. The second kappa shape index (κ2) is 3.98. The first-order valence-corrected chi connectivity index (χ1v) is 4.56. The molecule has 0 radical (unpaired) electrons. The Morgan fingerprint density at radius 3 is 2.91 bits per heavy atom. The van der Waals surface area contributed by atoms with Gasteiger partial charge in [-0.05, 0) is 30.2 Å². The van der Waals surface area contributed by atoms with Crippen LogP contribution in [0.25, 0.3) is 0 Å². The lowest BCUT2D eigenvalue weighted by Crippen LogP contribution is -1.82. The van der Waals surface area contributed by atoms with E-state index in [1.807, 2.05) is 18.2 Å². The topological polar surface area (TPSA) is 0 Å². The van der Waals surface area contributed by atoms with Crippen LogP contribution in [0.1, 0.15) is 5.56 Å². The summed E-state index contributed by atoms with van der Waals surface area (Å²) in [6.07, 6.45) is 2.75. The van der Waals surface area contributed by atoms with Gasteiger partial charge in [0.2, 0.25) is 0 Å². The fourth-order valence-corrected chi connectivity index (χ4v) is 1.51. The van der Waals surface area contributed by atoms with Crippen LogP contribution in [0.2, 0.25) is 0 Å². The molecule has 0 heterocycles. The molecule has 0 amide bonds. The van der Waals surface area contributed by atoms with Gasteiger partial charge in [0.1, 0.15) is 0 Å². The molecule has 0 aliphatic carbocycles. The molecule has 0 nitrogen and oxygen atoms in total. The molecule has 0 spiro atoms. The minimum absolute atomic E-state index is 0.873. The molecule has 0 unspecified atom stereocenters. The van der Waals surface area contributed by atoms with Crippen molar-refractivity contribution in [3.05, 3.63) is 40.9 Å². The number of halogens is 1. The summed E-state index contributed by atoms with van der Waals surface area (Å²) in [5, 5.41) is 0. The molecular weight excluding hydrogens is 220 g/mol. The van der Waals surface area contributed by atoms with Crippen molar-refractivity contribution in [3.8, 4) is 0 Å². The monoisotopic (exact) mass is 228 g/mol. The predicted molar refractivity (Wildman–Crippen MR) is 55.3 cm³/mol. The summed E-state index contributed by atoms with van der Waals surface area (Å²) in [4.78, 5) is 1.02. The minimum atomic E-state index is 0.873. The largest absolute Gasteiger partial charge is 0.143 e. The minimum Gasteiger partial charge on any atom is -0.143 e. The van der Waals surface area contributed by atoms with Crippen LogP contribution in [0.4, 0.5) is 0 Å². The molecule has 0 saturated heterocycles. The van der Waals surface area contributed by atoms with E-state index in [0.717, 1.165) is 15.8 Å². The summed E-state index contributed by atoms with van der Waals surface area (Å²) in [5.74, 6) is 0. The SMILES string of the molecule is C=CCc1cc(Br)ccc1S. The Labute approximate surface area is 80.9 Å². The summed E-state index contributed by atoms with van der Waals surface area (Å²) in [7, 11) is 0. The fourth-order valence-electron chi connectivity index (χ4n) is 0.873. The quantitative estimate of drug-likeness (QED) is 0.582. The molecule has 0 fully saturated rings. The maximum atomic E-state index is 4.31. The Hall–Kier alpha value is -0.210. The number of thiol groups is 1. The number of hydrogen-bond acceptors (Lipinski definition) is 1. The Bertz CT molecular complexity index is 268. The molecule has 58 valence electrons. The van der Waals surface area contributed by atoms with Crippen molar-refractivity contribution >= 4 is 28.6 Å². The van der Waals surface area contributed by atoms with Gasteiger partial charge in [0, 0.05) is 9.37 Å². The molecule has 0 N–H and O–H groups in total.